The van der Waals surface area contributed by atoms with Crippen LogP contribution in [0.4, 0.5) is 5.69 Å². The summed E-state index contributed by atoms with van der Waals surface area (Å²) >= 11 is 6.49. The molecule has 0 atom stereocenters. The highest BCUT2D eigenvalue weighted by Gasteiger charge is 2.09. The van der Waals surface area contributed by atoms with Gasteiger partial charge in [0.2, 0.25) is 0 Å². The number of aliphatic carboxylic acids is 1. The van der Waals surface area contributed by atoms with Gasteiger partial charge in [-0.3, -0.25) is 4.79 Å². The third kappa shape index (κ3) is 2.45. The van der Waals surface area contributed by atoms with Crippen LogP contribution >= 0.6 is 31.9 Å². The van der Waals surface area contributed by atoms with E-state index < -0.39 is 5.97 Å². The second kappa shape index (κ2) is 4.11. The number of carbonyl (C=O) groups is 1. The lowest BCUT2D eigenvalue weighted by molar-refractivity contribution is -0.136. The molecule has 5 heteroatoms. The second-order valence-corrected chi connectivity index (χ2v) is 4.15. The molecule has 0 aliphatic heterocycles. The van der Waals surface area contributed by atoms with Crippen molar-refractivity contribution in [3.63, 3.8) is 0 Å². The van der Waals surface area contributed by atoms with Gasteiger partial charge in [0.05, 0.1) is 12.1 Å². The number of benzene rings is 1. The predicted octanol–water partition coefficient (Wildman–Crippen LogP) is 2.42. The summed E-state index contributed by atoms with van der Waals surface area (Å²) < 4.78 is 1.40. The van der Waals surface area contributed by atoms with Crippen molar-refractivity contribution in [1.82, 2.24) is 0 Å². The first-order valence-electron chi connectivity index (χ1n) is 3.46. The number of anilines is 1. The molecule has 1 aromatic carbocycles. The molecule has 1 rings (SSSR count). The van der Waals surface area contributed by atoms with Gasteiger partial charge < -0.3 is 10.8 Å². The van der Waals surface area contributed by atoms with Crippen molar-refractivity contribution < 1.29 is 9.90 Å². The molecule has 0 amide bonds. The van der Waals surface area contributed by atoms with Gasteiger partial charge in [0, 0.05) is 8.95 Å². The Bertz CT molecular complexity index is 352. The van der Waals surface area contributed by atoms with Gasteiger partial charge in [-0.05, 0) is 43.5 Å². The number of hydrogen-bond donors (Lipinski definition) is 2. The van der Waals surface area contributed by atoms with Gasteiger partial charge in [-0.2, -0.15) is 0 Å². The van der Waals surface area contributed by atoms with Crippen molar-refractivity contribution in [3.05, 3.63) is 26.6 Å². The van der Waals surface area contributed by atoms with Crippen molar-refractivity contribution in [1.29, 1.82) is 0 Å². The van der Waals surface area contributed by atoms with Crippen LogP contribution in [-0.2, 0) is 11.2 Å². The Balaban J connectivity index is 3.10. The lowest BCUT2D eigenvalue weighted by atomic mass is 10.1. The monoisotopic (exact) mass is 307 g/mol. The Kier molecular flexibility index (Phi) is 3.33. The maximum atomic E-state index is 10.4. The van der Waals surface area contributed by atoms with Crippen LogP contribution in [0.3, 0.4) is 0 Å². The fourth-order valence-corrected chi connectivity index (χ4v) is 2.00. The van der Waals surface area contributed by atoms with Gasteiger partial charge in [0.1, 0.15) is 0 Å². The van der Waals surface area contributed by atoms with E-state index in [1.165, 1.54) is 0 Å². The molecule has 0 aromatic heterocycles. The Hall–Kier alpha value is -0.550. The van der Waals surface area contributed by atoms with Crippen molar-refractivity contribution in [2.45, 2.75) is 6.42 Å². The van der Waals surface area contributed by atoms with E-state index in [9.17, 15) is 4.79 Å². The highest BCUT2D eigenvalue weighted by molar-refractivity contribution is 9.11. The summed E-state index contributed by atoms with van der Waals surface area (Å²) in [6.07, 6.45) is -0.0297. The standard InChI is InChI=1S/C8H7Br2NO2/c9-5-2-1-4(3-6(12)13)7(10)8(5)11/h1-2H,3,11H2,(H,12,13). The molecule has 3 N–H and O–H groups in total. The fourth-order valence-electron chi connectivity index (χ4n) is 0.914. The quantitative estimate of drug-likeness (QED) is 0.825. The van der Waals surface area contributed by atoms with Crippen molar-refractivity contribution in [3.8, 4) is 0 Å². The minimum atomic E-state index is -0.873. The number of rotatable bonds is 2. The zero-order valence-electron chi connectivity index (χ0n) is 6.55. The van der Waals surface area contributed by atoms with Gasteiger partial charge >= 0.3 is 5.97 Å². The van der Waals surface area contributed by atoms with Crippen molar-refractivity contribution >= 4 is 43.5 Å². The van der Waals surface area contributed by atoms with Crippen LogP contribution in [0.2, 0.25) is 0 Å². The van der Waals surface area contributed by atoms with E-state index in [2.05, 4.69) is 31.9 Å². The fraction of sp³-hybridized carbons (Fsp3) is 0.125. The molecule has 70 valence electrons. The largest absolute Gasteiger partial charge is 0.481 e. The van der Waals surface area contributed by atoms with Gasteiger partial charge in [-0.15, -0.1) is 0 Å². The van der Waals surface area contributed by atoms with Crippen LogP contribution < -0.4 is 5.73 Å². The molecule has 0 saturated heterocycles. The molecule has 3 nitrogen and oxygen atoms in total. The zero-order chi connectivity index (χ0) is 10.0. The number of hydrogen-bond acceptors (Lipinski definition) is 2. The third-order valence-corrected chi connectivity index (χ3v) is 3.18. The van der Waals surface area contributed by atoms with Crippen LogP contribution in [0.15, 0.2) is 21.1 Å². The molecule has 0 bridgehead atoms. The number of carboxylic acids is 1. The van der Waals surface area contributed by atoms with E-state index in [1.54, 1.807) is 12.1 Å². The molecule has 13 heavy (non-hydrogen) atoms. The van der Waals surface area contributed by atoms with Crippen LogP contribution in [0.1, 0.15) is 5.56 Å². The topological polar surface area (TPSA) is 63.3 Å². The third-order valence-electron chi connectivity index (χ3n) is 1.55. The maximum absolute atomic E-state index is 10.4. The minimum absolute atomic E-state index is 0.0297. The smallest absolute Gasteiger partial charge is 0.307 e. The van der Waals surface area contributed by atoms with Crippen molar-refractivity contribution in [2.75, 3.05) is 5.73 Å². The van der Waals surface area contributed by atoms with Gasteiger partial charge in [-0.1, -0.05) is 6.07 Å². The van der Waals surface area contributed by atoms with E-state index >= 15 is 0 Å². The van der Waals surface area contributed by atoms with E-state index in [-0.39, 0.29) is 6.42 Å². The summed E-state index contributed by atoms with van der Waals surface area (Å²) in [6.45, 7) is 0. The Morgan fingerprint density at radius 3 is 2.62 bits per heavy atom. The normalized spacial score (nSPS) is 10.0. The van der Waals surface area contributed by atoms with Gasteiger partial charge in [-0.25, -0.2) is 0 Å². The second-order valence-electron chi connectivity index (χ2n) is 2.50. The highest BCUT2D eigenvalue weighted by atomic mass is 79.9. The van der Waals surface area contributed by atoms with E-state index in [1.807, 2.05) is 0 Å². The lowest BCUT2D eigenvalue weighted by Gasteiger charge is -2.06. The average molecular weight is 309 g/mol. The first kappa shape index (κ1) is 10.5. The molecule has 1 aromatic rings. The molecular weight excluding hydrogens is 302 g/mol. The molecule has 0 aliphatic carbocycles. The first-order valence-corrected chi connectivity index (χ1v) is 5.05. The van der Waals surface area contributed by atoms with E-state index in [0.717, 1.165) is 4.47 Å². The summed E-state index contributed by atoms with van der Waals surface area (Å²) in [5.74, 6) is -0.873. The number of halogens is 2. The number of nitrogens with two attached hydrogens (primary N) is 1. The minimum Gasteiger partial charge on any atom is -0.481 e. The average Bonchev–Trinajstić information content (AvgIpc) is 2.06. The molecule has 0 fully saturated rings. The Labute approximate surface area is 92.2 Å². The highest BCUT2D eigenvalue weighted by Crippen LogP contribution is 2.31. The number of carboxylic acid groups (broad SMARTS) is 1. The maximum Gasteiger partial charge on any atom is 0.307 e. The van der Waals surface area contributed by atoms with Crippen LogP contribution in [0.25, 0.3) is 0 Å². The summed E-state index contributed by atoms with van der Waals surface area (Å²) in [6, 6.07) is 3.46. The lowest BCUT2D eigenvalue weighted by Crippen LogP contribution is -2.02. The molecule has 0 saturated carbocycles. The van der Waals surface area contributed by atoms with E-state index in [4.69, 9.17) is 10.8 Å². The predicted molar refractivity (Wildman–Crippen MR) is 57.6 cm³/mol. The summed E-state index contributed by atoms with van der Waals surface area (Å²) in [4.78, 5) is 10.4. The Morgan fingerprint density at radius 2 is 2.08 bits per heavy atom. The molecule has 0 spiro atoms. The van der Waals surface area contributed by atoms with Crippen LogP contribution in [-0.4, -0.2) is 11.1 Å². The molecular formula is C8H7Br2NO2. The summed E-state index contributed by atoms with van der Waals surface area (Å²) in [5.41, 5.74) is 6.87. The van der Waals surface area contributed by atoms with Gasteiger partial charge in [0.25, 0.3) is 0 Å². The SMILES string of the molecule is Nc1c(Br)ccc(CC(=O)O)c1Br. The first-order chi connectivity index (χ1) is 6.02. The van der Waals surface area contributed by atoms with Crippen LogP contribution in [0, 0.1) is 0 Å². The Morgan fingerprint density at radius 1 is 1.46 bits per heavy atom. The summed E-state index contributed by atoms with van der Waals surface area (Å²) in [5, 5.41) is 8.58. The zero-order valence-corrected chi connectivity index (χ0v) is 9.72. The molecule has 0 unspecified atom stereocenters. The summed E-state index contributed by atoms with van der Waals surface area (Å²) in [7, 11) is 0. The van der Waals surface area contributed by atoms with E-state index in [0.29, 0.717) is 15.7 Å². The van der Waals surface area contributed by atoms with Crippen molar-refractivity contribution in [2.24, 2.45) is 0 Å². The number of nitrogen functional groups attached to an aromatic ring is 1. The molecule has 0 aliphatic rings. The van der Waals surface area contributed by atoms with Gasteiger partial charge in [0.15, 0.2) is 0 Å². The molecule has 0 heterocycles. The molecule has 0 radical (unpaired) electrons. The van der Waals surface area contributed by atoms with Crippen LogP contribution in [0.5, 0.6) is 0 Å².